The molecule has 122 valence electrons. The van der Waals surface area contributed by atoms with Gasteiger partial charge in [0.05, 0.1) is 6.54 Å². The zero-order valence-electron chi connectivity index (χ0n) is 12.5. The smallest absolute Gasteiger partial charge is 0.312 e. The van der Waals surface area contributed by atoms with Gasteiger partial charge in [0.1, 0.15) is 0 Å². The molecule has 0 aromatic heterocycles. The van der Waals surface area contributed by atoms with E-state index in [1.165, 1.54) is 0 Å². The number of amides is 3. The van der Waals surface area contributed by atoms with Crippen molar-refractivity contribution in [3.63, 3.8) is 0 Å². The fourth-order valence-corrected chi connectivity index (χ4v) is 2.59. The molecule has 2 rings (SSSR count). The lowest BCUT2D eigenvalue weighted by Gasteiger charge is -2.36. The molecule has 3 amide bonds. The van der Waals surface area contributed by atoms with E-state index in [2.05, 4.69) is 10.6 Å². The molecule has 22 heavy (non-hydrogen) atoms. The summed E-state index contributed by atoms with van der Waals surface area (Å²) in [6.45, 7) is 1.42. The minimum Gasteiger partial charge on any atom is -0.376 e. The second-order valence-corrected chi connectivity index (χ2v) is 5.20. The summed E-state index contributed by atoms with van der Waals surface area (Å²) in [5, 5.41) is 5.72. The predicted octanol–water partition coefficient (Wildman–Crippen LogP) is 1.57. The van der Waals surface area contributed by atoms with Crippen molar-refractivity contribution in [2.75, 3.05) is 25.0 Å². The molecule has 6 nitrogen and oxygen atoms in total. The van der Waals surface area contributed by atoms with Gasteiger partial charge in [0.15, 0.2) is 0 Å². The van der Waals surface area contributed by atoms with Crippen molar-refractivity contribution in [1.29, 1.82) is 0 Å². The predicted molar refractivity (Wildman–Crippen MR) is 89.1 cm³/mol. The van der Waals surface area contributed by atoms with Gasteiger partial charge in [0, 0.05) is 24.8 Å². The molecule has 1 aliphatic heterocycles. The Morgan fingerprint density at radius 3 is 2.64 bits per heavy atom. The minimum absolute atomic E-state index is 0. The Hall–Kier alpha value is -1.95. The lowest BCUT2D eigenvalue weighted by atomic mass is 10.0. The van der Waals surface area contributed by atoms with Crippen LogP contribution in [-0.4, -0.2) is 42.5 Å². The summed E-state index contributed by atoms with van der Waals surface area (Å²) >= 11 is 0. The van der Waals surface area contributed by atoms with Crippen LogP contribution in [0.25, 0.3) is 0 Å². The molecule has 0 radical (unpaired) electrons. The van der Waals surface area contributed by atoms with Crippen LogP contribution in [0.4, 0.5) is 10.5 Å². The molecule has 1 aromatic carbocycles. The summed E-state index contributed by atoms with van der Waals surface area (Å²) in [6.07, 6.45) is 2.97. The molecule has 1 unspecified atom stereocenters. The number of nitrogens with zero attached hydrogens (tertiary/aromatic N) is 1. The molecule has 1 fully saturated rings. The van der Waals surface area contributed by atoms with Gasteiger partial charge in [-0.25, -0.2) is 4.79 Å². The zero-order chi connectivity index (χ0) is 15.1. The van der Waals surface area contributed by atoms with Crippen molar-refractivity contribution in [1.82, 2.24) is 10.2 Å². The molecule has 0 spiro atoms. The quantitative estimate of drug-likeness (QED) is 0.767. The summed E-state index contributed by atoms with van der Waals surface area (Å²) in [4.78, 5) is 25.0. The van der Waals surface area contributed by atoms with Crippen LogP contribution >= 0.6 is 12.4 Å². The second-order valence-electron chi connectivity index (χ2n) is 5.20. The van der Waals surface area contributed by atoms with Gasteiger partial charge in [-0.1, -0.05) is 18.2 Å². The number of hydrogen-bond donors (Lipinski definition) is 3. The molecular weight excluding hydrogens is 304 g/mol. The van der Waals surface area contributed by atoms with E-state index in [0.717, 1.165) is 31.5 Å². The van der Waals surface area contributed by atoms with Crippen molar-refractivity contribution < 1.29 is 9.59 Å². The number of likely N-dealkylation sites (tertiary alicyclic amines) is 1. The van der Waals surface area contributed by atoms with Crippen LogP contribution in [0.15, 0.2) is 30.3 Å². The SMILES string of the molecule is Cl.NC(=O)NCC1CCCCN1C(=O)CNc1ccccc1. The third-order valence-electron chi connectivity index (χ3n) is 3.68. The number of para-hydroxylation sites is 1. The maximum atomic E-state index is 12.3. The van der Waals surface area contributed by atoms with E-state index in [1.54, 1.807) is 0 Å². The number of anilines is 1. The van der Waals surface area contributed by atoms with E-state index in [-0.39, 0.29) is 30.9 Å². The highest BCUT2D eigenvalue weighted by molar-refractivity contribution is 5.85. The number of carbonyl (C=O) groups is 2. The van der Waals surface area contributed by atoms with E-state index >= 15 is 0 Å². The number of halogens is 1. The molecular formula is C15H23ClN4O2. The van der Waals surface area contributed by atoms with E-state index in [1.807, 2.05) is 35.2 Å². The normalized spacial score (nSPS) is 17.3. The zero-order valence-corrected chi connectivity index (χ0v) is 13.3. The van der Waals surface area contributed by atoms with Gasteiger partial charge in [-0.15, -0.1) is 12.4 Å². The molecule has 1 aromatic rings. The summed E-state index contributed by atoms with van der Waals surface area (Å²) < 4.78 is 0. The van der Waals surface area contributed by atoms with E-state index in [9.17, 15) is 9.59 Å². The molecule has 1 aliphatic rings. The van der Waals surface area contributed by atoms with Crippen molar-refractivity contribution in [2.24, 2.45) is 5.73 Å². The molecule has 7 heteroatoms. The van der Waals surface area contributed by atoms with Crippen molar-refractivity contribution >= 4 is 30.0 Å². The van der Waals surface area contributed by atoms with Gasteiger partial charge in [-0.3, -0.25) is 4.79 Å². The summed E-state index contributed by atoms with van der Waals surface area (Å²) in [7, 11) is 0. The summed E-state index contributed by atoms with van der Waals surface area (Å²) in [5.41, 5.74) is 6.03. The fraction of sp³-hybridized carbons (Fsp3) is 0.467. The summed E-state index contributed by atoms with van der Waals surface area (Å²) in [5.74, 6) is 0.0508. The maximum Gasteiger partial charge on any atom is 0.312 e. The molecule has 0 bridgehead atoms. The number of primary amides is 1. The monoisotopic (exact) mass is 326 g/mol. The second kappa shape index (κ2) is 9.15. The van der Waals surface area contributed by atoms with Crippen LogP contribution in [0.5, 0.6) is 0 Å². The lowest BCUT2D eigenvalue weighted by molar-refractivity contribution is -0.132. The fourth-order valence-electron chi connectivity index (χ4n) is 2.59. The molecule has 4 N–H and O–H groups in total. The van der Waals surface area contributed by atoms with Gasteiger partial charge in [0.25, 0.3) is 0 Å². The Morgan fingerprint density at radius 2 is 1.95 bits per heavy atom. The highest BCUT2D eigenvalue weighted by Crippen LogP contribution is 2.17. The van der Waals surface area contributed by atoms with Crippen LogP contribution in [0.1, 0.15) is 19.3 Å². The lowest BCUT2D eigenvalue weighted by Crippen LogP contribution is -2.51. The van der Waals surface area contributed by atoms with Crippen molar-refractivity contribution in [2.45, 2.75) is 25.3 Å². The first kappa shape index (κ1) is 18.1. The first-order chi connectivity index (χ1) is 10.2. The van der Waals surface area contributed by atoms with Gasteiger partial charge in [-0.2, -0.15) is 0 Å². The number of nitrogens with one attached hydrogen (secondary N) is 2. The average molecular weight is 327 g/mol. The Labute approximate surface area is 136 Å². The first-order valence-corrected chi connectivity index (χ1v) is 7.28. The van der Waals surface area contributed by atoms with Gasteiger partial charge in [-0.05, 0) is 31.4 Å². The maximum absolute atomic E-state index is 12.3. The molecule has 1 saturated heterocycles. The van der Waals surface area contributed by atoms with Crippen LogP contribution in [0.2, 0.25) is 0 Å². The van der Waals surface area contributed by atoms with Crippen LogP contribution < -0.4 is 16.4 Å². The van der Waals surface area contributed by atoms with Crippen molar-refractivity contribution in [3.8, 4) is 0 Å². The van der Waals surface area contributed by atoms with E-state index < -0.39 is 6.03 Å². The number of rotatable bonds is 5. The number of carbonyl (C=O) groups excluding carboxylic acids is 2. The van der Waals surface area contributed by atoms with E-state index in [0.29, 0.717) is 6.54 Å². The largest absolute Gasteiger partial charge is 0.376 e. The Bertz CT molecular complexity index is 484. The van der Waals surface area contributed by atoms with Gasteiger partial charge in [0.2, 0.25) is 5.91 Å². The number of nitrogens with two attached hydrogens (primary N) is 1. The van der Waals surface area contributed by atoms with Crippen LogP contribution in [0.3, 0.4) is 0 Å². The number of piperidine rings is 1. The Morgan fingerprint density at radius 1 is 1.23 bits per heavy atom. The number of urea groups is 1. The molecule has 0 saturated carbocycles. The third kappa shape index (κ3) is 5.44. The van der Waals surface area contributed by atoms with Crippen LogP contribution in [-0.2, 0) is 4.79 Å². The standard InChI is InChI=1S/C15H22N4O2.ClH/c16-15(21)18-10-13-8-4-5-9-19(13)14(20)11-17-12-6-2-1-3-7-12;/h1-3,6-7,13,17H,4-5,8-11H2,(H3,16,18,21);1H. The number of benzene rings is 1. The van der Waals surface area contributed by atoms with Crippen molar-refractivity contribution in [3.05, 3.63) is 30.3 Å². The van der Waals surface area contributed by atoms with Gasteiger partial charge < -0.3 is 21.3 Å². The Kier molecular flexibility index (Phi) is 7.52. The van der Waals surface area contributed by atoms with Gasteiger partial charge >= 0.3 is 6.03 Å². The average Bonchev–Trinajstić information content (AvgIpc) is 2.52. The van der Waals surface area contributed by atoms with E-state index in [4.69, 9.17) is 5.73 Å². The number of hydrogen-bond acceptors (Lipinski definition) is 3. The minimum atomic E-state index is -0.546. The first-order valence-electron chi connectivity index (χ1n) is 7.28. The molecule has 1 atom stereocenters. The highest BCUT2D eigenvalue weighted by atomic mass is 35.5. The topological polar surface area (TPSA) is 87.5 Å². The Balaban J connectivity index is 0.00000242. The molecule has 0 aliphatic carbocycles. The summed E-state index contributed by atoms with van der Waals surface area (Å²) in [6, 6.07) is 9.13. The third-order valence-corrected chi connectivity index (χ3v) is 3.68. The highest BCUT2D eigenvalue weighted by Gasteiger charge is 2.26. The van der Waals surface area contributed by atoms with Crippen LogP contribution in [0, 0.1) is 0 Å². The molecule has 1 heterocycles.